The third-order valence-electron chi connectivity index (χ3n) is 2.84. The lowest BCUT2D eigenvalue weighted by Gasteiger charge is -2.12. The lowest BCUT2D eigenvalue weighted by atomic mass is 9.94. The van der Waals surface area contributed by atoms with E-state index in [1.807, 2.05) is 0 Å². The van der Waals surface area contributed by atoms with Crippen molar-refractivity contribution in [3.63, 3.8) is 0 Å². The van der Waals surface area contributed by atoms with Crippen LogP contribution >= 0.6 is 0 Å². The van der Waals surface area contributed by atoms with Gasteiger partial charge >= 0.3 is 5.97 Å². The Morgan fingerprint density at radius 1 is 1.43 bits per heavy atom. The molecular formula is C15H17NO5. The van der Waals surface area contributed by atoms with Crippen LogP contribution in [0, 0.1) is 16.0 Å². The predicted molar refractivity (Wildman–Crippen MR) is 77.0 cm³/mol. The van der Waals surface area contributed by atoms with E-state index in [2.05, 4.69) is 0 Å². The fraction of sp³-hybridized carbons (Fsp3) is 0.333. The number of carbonyl (C=O) groups excluding carboxylic acids is 2. The van der Waals surface area contributed by atoms with Gasteiger partial charge in [-0.3, -0.25) is 19.7 Å². The van der Waals surface area contributed by atoms with Gasteiger partial charge in [-0.2, -0.15) is 0 Å². The Morgan fingerprint density at radius 2 is 2.14 bits per heavy atom. The highest BCUT2D eigenvalue weighted by Crippen LogP contribution is 2.19. The summed E-state index contributed by atoms with van der Waals surface area (Å²) in [6, 6.07) is 5.34. The second-order valence-electron chi connectivity index (χ2n) is 4.28. The number of ether oxygens (including phenoxy) is 1. The van der Waals surface area contributed by atoms with E-state index < -0.39 is 22.6 Å². The molecule has 0 heterocycles. The summed E-state index contributed by atoms with van der Waals surface area (Å²) in [5.74, 6) is -2.08. The van der Waals surface area contributed by atoms with Gasteiger partial charge in [0.15, 0.2) is 5.78 Å². The molecule has 1 atom stereocenters. The van der Waals surface area contributed by atoms with E-state index in [1.54, 1.807) is 26.0 Å². The first-order chi connectivity index (χ1) is 10.0. The molecule has 6 nitrogen and oxygen atoms in total. The standard InChI is InChI=1S/C15H17NO5/c1-3-5-9-13(15(18)21-4-2)14(17)11-7-6-8-12(10-11)16(19)20/h3,5-8,10,13H,4,9H2,1-2H3/b5-3+. The Balaban J connectivity index is 3.06. The van der Waals surface area contributed by atoms with Gasteiger partial charge in [0.05, 0.1) is 11.5 Å². The van der Waals surface area contributed by atoms with E-state index in [9.17, 15) is 19.7 Å². The van der Waals surface area contributed by atoms with Crippen LogP contribution in [0.2, 0.25) is 0 Å². The number of carbonyl (C=O) groups is 2. The van der Waals surface area contributed by atoms with Gasteiger partial charge in [-0.15, -0.1) is 0 Å². The van der Waals surface area contributed by atoms with Gasteiger partial charge in [0.1, 0.15) is 5.92 Å². The molecule has 6 heteroatoms. The number of hydrogen-bond donors (Lipinski definition) is 0. The van der Waals surface area contributed by atoms with Crippen molar-refractivity contribution in [1.82, 2.24) is 0 Å². The number of nitrogens with zero attached hydrogens (tertiary/aromatic N) is 1. The number of rotatable bonds is 7. The smallest absolute Gasteiger partial charge is 0.317 e. The molecule has 0 spiro atoms. The second-order valence-corrected chi connectivity index (χ2v) is 4.28. The first-order valence-corrected chi connectivity index (χ1v) is 6.57. The Hall–Kier alpha value is -2.50. The van der Waals surface area contributed by atoms with E-state index in [0.29, 0.717) is 0 Å². The maximum Gasteiger partial charge on any atom is 0.317 e. The van der Waals surface area contributed by atoms with Gasteiger partial charge in [-0.05, 0) is 20.3 Å². The summed E-state index contributed by atoms with van der Waals surface area (Å²) in [4.78, 5) is 34.4. The summed E-state index contributed by atoms with van der Waals surface area (Å²) < 4.78 is 4.89. The molecule has 1 rings (SSSR count). The topological polar surface area (TPSA) is 86.5 Å². The quantitative estimate of drug-likeness (QED) is 0.192. The maximum absolute atomic E-state index is 12.4. The first-order valence-electron chi connectivity index (χ1n) is 6.57. The highest BCUT2D eigenvalue weighted by Gasteiger charge is 2.28. The Morgan fingerprint density at radius 3 is 2.71 bits per heavy atom. The SMILES string of the molecule is C/C=C/CC(C(=O)OCC)C(=O)c1cccc([N+](=O)[O-])c1. The summed E-state index contributed by atoms with van der Waals surface area (Å²) in [5.41, 5.74) is -0.0544. The number of nitro benzene ring substituents is 1. The summed E-state index contributed by atoms with van der Waals surface area (Å²) >= 11 is 0. The highest BCUT2D eigenvalue weighted by molar-refractivity contribution is 6.09. The van der Waals surface area contributed by atoms with Gasteiger partial charge in [0.2, 0.25) is 0 Å². The molecule has 0 saturated heterocycles. The fourth-order valence-electron chi connectivity index (χ4n) is 1.80. The van der Waals surface area contributed by atoms with Crippen LogP contribution in [0.5, 0.6) is 0 Å². The van der Waals surface area contributed by atoms with Gasteiger partial charge in [0, 0.05) is 17.7 Å². The monoisotopic (exact) mass is 291 g/mol. The Labute approximate surface area is 122 Å². The summed E-state index contributed by atoms with van der Waals surface area (Å²) in [6.07, 6.45) is 3.63. The molecule has 112 valence electrons. The van der Waals surface area contributed by atoms with Crippen molar-refractivity contribution in [1.29, 1.82) is 0 Å². The lowest BCUT2D eigenvalue weighted by Crippen LogP contribution is -2.26. The summed E-state index contributed by atoms with van der Waals surface area (Å²) in [7, 11) is 0. The molecule has 1 unspecified atom stereocenters. The van der Waals surface area contributed by atoms with Crippen molar-refractivity contribution >= 4 is 17.4 Å². The van der Waals surface area contributed by atoms with Crippen molar-refractivity contribution in [2.24, 2.45) is 5.92 Å². The molecule has 0 N–H and O–H groups in total. The van der Waals surface area contributed by atoms with Crippen LogP contribution in [-0.2, 0) is 9.53 Å². The van der Waals surface area contributed by atoms with Gasteiger partial charge in [-0.25, -0.2) is 0 Å². The van der Waals surface area contributed by atoms with Crippen LogP contribution in [-0.4, -0.2) is 23.3 Å². The summed E-state index contributed by atoms with van der Waals surface area (Å²) in [6.45, 7) is 3.61. The second kappa shape index (κ2) is 7.94. The predicted octanol–water partition coefficient (Wildman–Crippen LogP) is 2.92. The molecule has 0 saturated carbocycles. The number of non-ortho nitro benzene ring substituents is 1. The van der Waals surface area contributed by atoms with Crippen LogP contribution in [0.4, 0.5) is 5.69 Å². The van der Waals surface area contributed by atoms with Crippen molar-refractivity contribution < 1.29 is 19.2 Å². The fourth-order valence-corrected chi connectivity index (χ4v) is 1.80. The van der Waals surface area contributed by atoms with Crippen molar-refractivity contribution in [3.8, 4) is 0 Å². The molecule has 1 aromatic carbocycles. The Kier molecular flexibility index (Phi) is 6.26. The number of Topliss-reactive ketones (excluding diaryl/α,β-unsaturated/α-hetero) is 1. The number of allylic oxidation sites excluding steroid dienone is 2. The zero-order valence-corrected chi connectivity index (χ0v) is 11.9. The normalized spacial score (nSPS) is 12.1. The molecule has 0 radical (unpaired) electrons. The largest absolute Gasteiger partial charge is 0.465 e. The van der Waals surface area contributed by atoms with E-state index in [1.165, 1.54) is 24.3 Å². The molecule has 21 heavy (non-hydrogen) atoms. The number of benzene rings is 1. The molecule has 0 amide bonds. The minimum absolute atomic E-state index is 0.131. The van der Waals surface area contributed by atoms with Gasteiger partial charge in [-0.1, -0.05) is 24.3 Å². The van der Waals surface area contributed by atoms with Crippen LogP contribution < -0.4 is 0 Å². The average Bonchev–Trinajstić information content (AvgIpc) is 2.47. The molecule has 0 fully saturated rings. The van der Waals surface area contributed by atoms with Crippen LogP contribution in [0.25, 0.3) is 0 Å². The zero-order valence-electron chi connectivity index (χ0n) is 11.9. The highest BCUT2D eigenvalue weighted by atomic mass is 16.6. The Bertz CT molecular complexity index is 565. The molecule has 0 aromatic heterocycles. The van der Waals surface area contributed by atoms with Crippen molar-refractivity contribution in [2.75, 3.05) is 6.61 Å². The average molecular weight is 291 g/mol. The molecular weight excluding hydrogens is 274 g/mol. The number of esters is 1. The third-order valence-corrected chi connectivity index (χ3v) is 2.84. The number of nitro groups is 1. The van der Waals surface area contributed by atoms with E-state index >= 15 is 0 Å². The first kappa shape index (κ1) is 16.6. The molecule has 0 aliphatic rings. The summed E-state index contributed by atoms with van der Waals surface area (Å²) in [5, 5.41) is 10.7. The maximum atomic E-state index is 12.4. The number of hydrogen-bond acceptors (Lipinski definition) is 5. The van der Waals surface area contributed by atoms with Gasteiger partial charge in [0.25, 0.3) is 5.69 Å². The van der Waals surface area contributed by atoms with Gasteiger partial charge < -0.3 is 4.74 Å². The van der Waals surface area contributed by atoms with Crippen LogP contribution in [0.1, 0.15) is 30.6 Å². The van der Waals surface area contributed by atoms with Crippen molar-refractivity contribution in [2.45, 2.75) is 20.3 Å². The van der Waals surface area contributed by atoms with Crippen molar-refractivity contribution in [3.05, 3.63) is 52.1 Å². The molecule has 0 aliphatic heterocycles. The third kappa shape index (κ3) is 4.52. The lowest BCUT2D eigenvalue weighted by molar-refractivity contribution is -0.384. The van der Waals surface area contributed by atoms with E-state index in [-0.39, 0.29) is 24.3 Å². The minimum Gasteiger partial charge on any atom is -0.465 e. The number of ketones is 1. The molecule has 0 aliphatic carbocycles. The van der Waals surface area contributed by atoms with Crippen LogP contribution in [0.3, 0.4) is 0 Å². The van der Waals surface area contributed by atoms with E-state index in [4.69, 9.17) is 4.74 Å². The zero-order chi connectivity index (χ0) is 15.8. The molecule has 0 bridgehead atoms. The molecule has 1 aromatic rings. The minimum atomic E-state index is -0.983. The van der Waals surface area contributed by atoms with Crippen LogP contribution in [0.15, 0.2) is 36.4 Å². The van der Waals surface area contributed by atoms with E-state index in [0.717, 1.165) is 0 Å².